The number of furan rings is 1. The van der Waals surface area contributed by atoms with Gasteiger partial charge in [0, 0.05) is 26.0 Å². The molecule has 0 radical (unpaired) electrons. The van der Waals surface area contributed by atoms with Crippen molar-refractivity contribution >= 4 is 11.9 Å². The number of nitrogens with zero attached hydrogens (tertiary/aromatic N) is 1. The third-order valence-electron chi connectivity index (χ3n) is 4.08. The van der Waals surface area contributed by atoms with E-state index < -0.39 is 11.5 Å². The Kier molecular flexibility index (Phi) is 4.09. The molecule has 21 heavy (non-hydrogen) atoms. The molecular formula is C15H21NO5. The number of rotatable bonds is 4. The summed E-state index contributed by atoms with van der Waals surface area (Å²) in [7, 11) is 1.51. The van der Waals surface area contributed by atoms with E-state index in [9.17, 15) is 14.7 Å². The van der Waals surface area contributed by atoms with Gasteiger partial charge in [-0.3, -0.25) is 4.79 Å². The first-order valence-electron chi connectivity index (χ1n) is 6.99. The summed E-state index contributed by atoms with van der Waals surface area (Å²) in [4.78, 5) is 25.5. The summed E-state index contributed by atoms with van der Waals surface area (Å²) in [5.41, 5.74) is -0.882. The van der Waals surface area contributed by atoms with Gasteiger partial charge >= 0.3 is 5.97 Å². The van der Waals surface area contributed by atoms with Crippen molar-refractivity contribution in [1.82, 2.24) is 4.90 Å². The Morgan fingerprint density at radius 1 is 1.43 bits per heavy atom. The van der Waals surface area contributed by atoms with Gasteiger partial charge in [0.1, 0.15) is 11.5 Å². The maximum absolute atomic E-state index is 12.6. The van der Waals surface area contributed by atoms with Crippen LogP contribution in [0, 0.1) is 6.92 Å². The molecule has 2 rings (SSSR count). The summed E-state index contributed by atoms with van der Waals surface area (Å²) in [6.07, 6.45) is 0.290. The highest BCUT2D eigenvalue weighted by atomic mass is 16.5. The average molecular weight is 295 g/mol. The van der Waals surface area contributed by atoms with Gasteiger partial charge in [-0.2, -0.15) is 0 Å². The lowest BCUT2D eigenvalue weighted by atomic mass is 9.96. The van der Waals surface area contributed by atoms with E-state index in [1.54, 1.807) is 13.0 Å². The Labute approximate surface area is 123 Å². The first-order valence-corrected chi connectivity index (χ1v) is 6.99. The molecule has 1 N–H and O–H groups in total. The van der Waals surface area contributed by atoms with Crippen LogP contribution < -0.4 is 0 Å². The second-order valence-corrected chi connectivity index (χ2v) is 5.78. The molecule has 1 atom stereocenters. The van der Waals surface area contributed by atoms with Crippen molar-refractivity contribution in [2.45, 2.75) is 38.6 Å². The normalized spacial score (nSPS) is 21.8. The molecule has 116 valence electrons. The minimum absolute atomic E-state index is 0.0124. The van der Waals surface area contributed by atoms with Gasteiger partial charge in [0.25, 0.3) is 5.91 Å². The predicted octanol–water partition coefficient (Wildman–Crippen LogP) is 2.03. The largest absolute Gasteiger partial charge is 0.479 e. The third kappa shape index (κ3) is 2.55. The number of hydrogen-bond donors (Lipinski definition) is 1. The van der Waals surface area contributed by atoms with Crippen LogP contribution in [-0.2, 0) is 9.53 Å². The zero-order valence-corrected chi connectivity index (χ0v) is 12.8. The highest BCUT2D eigenvalue weighted by molar-refractivity contribution is 5.98. The lowest BCUT2D eigenvalue weighted by molar-refractivity contribution is -0.149. The molecule has 1 amide bonds. The molecule has 0 aliphatic carbocycles. The van der Waals surface area contributed by atoms with E-state index in [0.29, 0.717) is 24.4 Å². The van der Waals surface area contributed by atoms with Crippen molar-refractivity contribution in [3.05, 3.63) is 23.2 Å². The molecule has 1 aromatic heterocycles. The number of hydrogen-bond acceptors (Lipinski definition) is 4. The van der Waals surface area contributed by atoms with E-state index in [-0.39, 0.29) is 18.4 Å². The zero-order valence-electron chi connectivity index (χ0n) is 12.8. The molecule has 0 saturated carbocycles. The molecule has 0 spiro atoms. The van der Waals surface area contributed by atoms with Crippen molar-refractivity contribution in [3.63, 3.8) is 0 Å². The lowest BCUT2D eigenvalue weighted by Crippen LogP contribution is -2.56. The summed E-state index contributed by atoms with van der Waals surface area (Å²) in [6.45, 7) is 6.01. The number of ether oxygens (including phenoxy) is 1. The van der Waals surface area contributed by atoms with Crippen LogP contribution in [0.5, 0.6) is 0 Å². The van der Waals surface area contributed by atoms with Crippen LogP contribution in [0.25, 0.3) is 0 Å². The molecule has 1 fully saturated rings. The van der Waals surface area contributed by atoms with Crippen molar-refractivity contribution in [2.75, 3.05) is 20.3 Å². The Hall–Kier alpha value is -1.82. The van der Waals surface area contributed by atoms with E-state index in [2.05, 4.69) is 0 Å². The van der Waals surface area contributed by atoms with Crippen molar-refractivity contribution in [3.8, 4) is 0 Å². The van der Waals surface area contributed by atoms with Crippen molar-refractivity contribution in [1.29, 1.82) is 0 Å². The van der Waals surface area contributed by atoms with Crippen LogP contribution in [0.2, 0.25) is 0 Å². The van der Waals surface area contributed by atoms with Gasteiger partial charge in [0.05, 0.1) is 12.2 Å². The number of aryl methyl sites for hydroxylation is 1. The zero-order chi connectivity index (χ0) is 15.8. The molecule has 1 aliphatic rings. The van der Waals surface area contributed by atoms with Gasteiger partial charge in [0.15, 0.2) is 5.54 Å². The quantitative estimate of drug-likeness (QED) is 0.919. The summed E-state index contributed by atoms with van der Waals surface area (Å²) in [6, 6.07) is 1.70. The first-order chi connectivity index (χ1) is 9.79. The van der Waals surface area contributed by atoms with Crippen LogP contribution in [-0.4, -0.2) is 47.7 Å². The number of carboxylic acid groups (broad SMARTS) is 1. The van der Waals surface area contributed by atoms with E-state index in [4.69, 9.17) is 9.15 Å². The highest BCUT2D eigenvalue weighted by Crippen LogP contribution is 2.29. The molecule has 1 aromatic rings. The fraction of sp³-hybridized carbons (Fsp3) is 0.600. The minimum atomic E-state index is -1.29. The fourth-order valence-corrected chi connectivity index (χ4v) is 2.51. The summed E-state index contributed by atoms with van der Waals surface area (Å²) < 4.78 is 10.8. The van der Waals surface area contributed by atoms with Crippen molar-refractivity contribution in [2.24, 2.45) is 0 Å². The second kappa shape index (κ2) is 5.52. The highest BCUT2D eigenvalue weighted by Gasteiger charge is 2.48. The van der Waals surface area contributed by atoms with E-state index in [1.807, 2.05) is 13.8 Å². The minimum Gasteiger partial charge on any atom is -0.479 e. The van der Waals surface area contributed by atoms with Crippen LogP contribution in [0.3, 0.4) is 0 Å². The van der Waals surface area contributed by atoms with E-state index >= 15 is 0 Å². The molecule has 6 heteroatoms. The van der Waals surface area contributed by atoms with Gasteiger partial charge in [0.2, 0.25) is 0 Å². The van der Waals surface area contributed by atoms with Gasteiger partial charge in [-0.05, 0) is 13.0 Å². The molecule has 1 saturated heterocycles. The van der Waals surface area contributed by atoms with Crippen LogP contribution in [0.1, 0.15) is 48.1 Å². The first kappa shape index (κ1) is 15.6. The molecular weight excluding hydrogens is 274 g/mol. The average Bonchev–Trinajstić information content (AvgIpc) is 3.04. The van der Waals surface area contributed by atoms with Crippen LogP contribution in [0.4, 0.5) is 0 Å². The Morgan fingerprint density at radius 2 is 2.10 bits per heavy atom. The summed E-state index contributed by atoms with van der Waals surface area (Å²) in [5, 5.41) is 9.50. The maximum Gasteiger partial charge on any atom is 0.332 e. The number of carboxylic acids is 1. The summed E-state index contributed by atoms with van der Waals surface area (Å²) >= 11 is 0. The molecule has 0 aromatic carbocycles. The standard InChI is InChI=1S/C15H21NO5/c1-9(2)12-7-11(10(3)21-12)13(17)16(4)15(14(18)19)5-6-20-8-15/h7,9H,5-6,8H2,1-4H3,(H,18,19). The lowest BCUT2D eigenvalue weighted by Gasteiger charge is -2.33. The van der Waals surface area contributed by atoms with Gasteiger partial charge < -0.3 is 19.2 Å². The maximum atomic E-state index is 12.6. The number of carbonyl (C=O) groups excluding carboxylic acids is 1. The molecule has 2 heterocycles. The van der Waals surface area contributed by atoms with Gasteiger partial charge in [-0.1, -0.05) is 13.8 Å². The SMILES string of the molecule is Cc1oc(C(C)C)cc1C(=O)N(C)C1(C(=O)O)CCOC1. The monoisotopic (exact) mass is 295 g/mol. The van der Waals surface area contributed by atoms with Crippen LogP contribution in [0.15, 0.2) is 10.5 Å². The molecule has 1 aliphatic heterocycles. The Morgan fingerprint density at radius 3 is 2.52 bits per heavy atom. The van der Waals surface area contributed by atoms with Crippen molar-refractivity contribution < 1.29 is 23.8 Å². The predicted molar refractivity (Wildman–Crippen MR) is 75.4 cm³/mol. The van der Waals surface area contributed by atoms with E-state index in [0.717, 1.165) is 5.76 Å². The van der Waals surface area contributed by atoms with E-state index in [1.165, 1.54) is 11.9 Å². The topological polar surface area (TPSA) is 80.0 Å². The fourth-order valence-electron chi connectivity index (χ4n) is 2.51. The molecule has 1 unspecified atom stereocenters. The molecule has 6 nitrogen and oxygen atoms in total. The van der Waals surface area contributed by atoms with Gasteiger partial charge in [-0.15, -0.1) is 0 Å². The third-order valence-corrected chi connectivity index (χ3v) is 4.08. The summed E-state index contributed by atoms with van der Waals surface area (Å²) in [5.74, 6) is 0.00207. The second-order valence-electron chi connectivity index (χ2n) is 5.78. The number of carbonyl (C=O) groups is 2. The Bertz CT molecular complexity index is 554. The van der Waals surface area contributed by atoms with Gasteiger partial charge in [-0.25, -0.2) is 4.79 Å². The molecule has 0 bridgehead atoms. The van der Waals surface area contributed by atoms with Crippen LogP contribution >= 0.6 is 0 Å². The number of likely N-dealkylation sites (N-methyl/N-ethyl adjacent to an activating group) is 1. The smallest absolute Gasteiger partial charge is 0.332 e. The number of aliphatic carboxylic acids is 1. The Balaban J connectivity index is 2.33. The number of amides is 1.